The Morgan fingerprint density at radius 3 is 2.37 bits per heavy atom. The predicted octanol–water partition coefficient (Wildman–Crippen LogP) is 6.53. The number of hydrogen-bond acceptors (Lipinski definition) is 3. The normalized spacial score (nSPS) is 21.7. The number of nitrogens with zero attached hydrogens (tertiary/aromatic N) is 2. The molecule has 1 aromatic carbocycles. The number of H-pyrrole nitrogens is 1. The lowest BCUT2D eigenvalue weighted by Gasteiger charge is -2.45. The van der Waals surface area contributed by atoms with E-state index in [2.05, 4.69) is 99.2 Å². The number of rotatable bonds is 8. The minimum atomic E-state index is -1.75. The Kier molecular flexibility index (Phi) is 7.61. The van der Waals surface area contributed by atoms with Crippen LogP contribution in [0.15, 0.2) is 48.7 Å². The van der Waals surface area contributed by atoms with Crippen LogP contribution < -0.4 is 5.32 Å². The molecule has 2 aromatic heterocycles. The van der Waals surface area contributed by atoms with Gasteiger partial charge in [0.2, 0.25) is 0 Å². The van der Waals surface area contributed by atoms with Gasteiger partial charge in [0.25, 0.3) is 0 Å². The average molecular weight is 492 g/mol. The highest BCUT2D eigenvalue weighted by Gasteiger charge is 2.41. The summed E-state index contributed by atoms with van der Waals surface area (Å²) in [6.45, 7) is 13.6. The highest BCUT2D eigenvalue weighted by atomic mass is 28.3. The standard InChI is InChI=1S/C30H45N3OSi/c1-29(2,3)35(6,7)28-26(25-14-11-19-31-27(25)32-28)22-34-21-24-15-17-30(18-16-24,33(4)5)20-23-12-9-8-10-13-23/h8-14,19,24H,15-18,20-22H2,1-7H3,(H,31,32). The van der Waals surface area contributed by atoms with Gasteiger partial charge in [-0.1, -0.05) is 64.2 Å². The molecule has 1 saturated carbocycles. The zero-order chi connectivity index (χ0) is 25.3. The number of benzene rings is 1. The van der Waals surface area contributed by atoms with Crippen LogP contribution in [-0.2, 0) is 17.8 Å². The maximum Gasteiger partial charge on any atom is 0.137 e. The molecule has 4 nitrogen and oxygen atoms in total. The predicted molar refractivity (Wildman–Crippen MR) is 151 cm³/mol. The van der Waals surface area contributed by atoms with Gasteiger partial charge in [-0.05, 0) is 74.9 Å². The second-order valence-electron chi connectivity index (χ2n) is 12.5. The molecule has 0 spiro atoms. The topological polar surface area (TPSA) is 41.1 Å². The van der Waals surface area contributed by atoms with Gasteiger partial charge < -0.3 is 14.6 Å². The number of nitrogens with one attached hydrogen (secondary N) is 1. The van der Waals surface area contributed by atoms with Gasteiger partial charge in [-0.3, -0.25) is 0 Å². The van der Waals surface area contributed by atoms with E-state index in [0.717, 1.165) is 18.7 Å². The first-order chi connectivity index (χ1) is 16.5. The first kappa shape index (κ1) is 26.1. The molecule has 4 rings (SSSR count). The first-order valence-corrected chi connectivity index (χ1v) is 16.3. The summed E-state index contributed by atoms with van der Waals surface area (Å²) in [6, 6.07) is 15.2. The molecule has 1 fully saturated rings. The number of fused-ring (bicyclic) bond motifs is 1. The number of likely N-dealkylation sites (N-methyl/N-ethyl adjacent to an activating group) is 1. The number of hydrogen-bond donors (Lipinski definition) is 1. The van der Waals surface area contributed by atoms with Crippen molar-refractivity contribution in [3.05, 3.63) is 59.8 Å². The molecule has 0 saturated heterocycles. The van der Waals surface area contributed by atoms with E-state index in [0.29, 0.717) is 12.5 Å². The highest BCUT2D eigenvalue weighted by Crippen LogP contribution is 2.39. The number of ether oxygens (including phenoxy) is 1. The van der Waals surface area contributed by atoms with Crippen molar-refractivity contribution < 1.29 is 4.74 Å². The van der Waals surface area contributed by atoms with Crippen LogP contribution >= 0.6 is 0 Å². The summed E-state index contributed by atoms with van der Waals surface area (Å²) in [4.78, 5) is 10.8. The summed E-state index contributed by atoms with van der Waals surface area (Å²) in [6.07, 6.45) is 7.94. The van der Waals surface area contributed by atoms with Crippen molar-refractivity contribution in [1.82, 2.24) is 14.9 Å². The van der Waals surface area contributed by atoms with E-state index in [4.69, 9.17) is 4.74 Å². The van der Waals surface area contributed by atoms with E-state index in [9.17, 15) is 0 Å². The van der Waals surface area contributed by atoms with Crippen molar-refractivity contribution in [3.63, 3.8) is 0 Å². The molecule has 2 heterocycles. The van der Waals surface area contributed by atoms with Gasteiger partial charge in [-0.25, -0.2) is 4.98 Å². The van der Waals surface area contributed by atoms with E-state index in [1.807, 2.05) is 12.3 Å². The summed E-state index contributed by atoms with van der Waals surface area (Å²) < 4.78 is 6.48. The molecular formula is C30H45N3OSi. The fraction of sp³-hybridized carbons (Fsp3) is 0.567. The Labute approximate surface area is 213 Å². The minimum absolute atomic E-state index is 0.250. The van der Waals surface area contributed by atoms with Gasteiger partial charge in [0.05, 0.1) is 6.61 Å². The molecule has 0 atom stereocenters. The Morgan fingerprint density at radius 1 is 1.06 bits per heavy atom. The summed E-state index contributed by atoms with van der Waals surface area (Å²) in [7, 11) is 2.77. The lowest BCUT2D eigenvalue weighted by atomic mass is 9.73. The van der Waals surface area contributed by atoms with Crippen LogP contribution in [0.25, 0.3) is 11.0 Å². The third-order valence-electron chi connectivity index (χ3n) is 9.14. The molecule has 0 bridgehead atoms. The monoisotopic (exact) mass is 491 g/mol. The SMILES string of the molecule is CN(C)C1(Cc2ccccc2)CCC(COCc2c([Si](C)(C)C(C)(C)C)[nH]c3ncccc23)CC1. The van der Waals surface area contributed by atoms with E-state index in [1.54, 1.807) is 0 Å². The molecule has 1 aliphatic carbocycles. The molecule has 0 aliphatic heterocycles. The number of aromatic nitrogens is 2. The second kappa shape index (κ2) is 10.2. The quantitative estimate of drug-likeness (QED) is 0.364. The number of pyridine rings is 1. The van der Waals surface area contributed by atoms with Crippen LogP contribution in [0.1, 0.15) is 57.6 Å². The van der Waals surface area contributed by atoms with Crippen LogP contribution in [-0.4, -0.2) is 49.2 Å². The van der Waals surface area contributed by atoms with Crippen molar-refractivity contribution in [3.8, 4) is 0 Å². The third kappa shape index (κ3) is 5.42. The first-order valence-electron chi connectivity index (χ1n) is 13.3. The van der Waals surface area contributed by atoms with E-state index < -0.39 is 8.07 Å². The lowest BCUT2D eigenvalue weighted by Crippen LogP contribution is -2.51. The molecule has 1 aliphatic rings. The third-order valence-corrected chi connectivity index (χ3v) is 14.6. The molecule has 5 heteroatoms. The molecule has 0 amide bonds. The van der Waals surface area contributed by atoms with Gasteiger partial charge in [0.15, 0.2) is 0 Å². The number of aromatic amines is 1. The van der Waals surface area contributed by atoms with Gasteiger partial charge >= 0.3 is 0 Å². The Balaban J connectivity index is 1.42. The molecule has 1 N–H and O–H groups in total. The molecule has 0 radical (unpaired) electrons. The van der Waals surface area contributed by atoms with Crippen LogP contribution in [0.3, 0.4) is 0 Å². The van der Waals surface area contributed by atoms with Crippen LogP contribution in [0, 0.1) is 5.92 Å². The zero-order valence-corrected chi connectivity index (χ0v) is 23.9. The maximum absolute atomic E-state index is 6.48. The summed E-state index contributed by atoms with van der Waals surface area (Å²) in [5.74, 6) is 0.638. The lowest BCUT2D eigenvalue weighted by molar-refractivity contribution is 0.0310. The van der Waals surface area contributed by atoms with Crippen molar-refractivity contribution in [1.29, 1.82) is 0 Å². The highest BCUT2D eigenvalue weighted by molar-refractivity contribution is 6.92. The van der Waals surface area contributed by atoms with E-state index in [1.165, 1.54) is 47.5 Å². The van der Waals surface area contributed by atoms with Gasteiger partial charge in [-0.2, -0.15) is 0 Å². The van der Waals surface area contributed by atoms with E-state index >= 15 is 0 Å². The van der Waals surface area contributed by atoms with Gasteiger partial charge in [0, 0.05) is 34.6 Å². The summed E-state index contributed by atoms with van der Waals surface area (Å²) in [5, 5.41) is 2.88. The fourth-order valence-corrected chi connectivity index (χ4v) is 7.74. The second-order valence-corrected chi connectivity index (χ2v) is 17.7. The smallest absolute Gasteiger partial charge is 0.137 e. The Bertz CT molecular complexity index is 1110. The maximum atomic E-state index is 6.48. The van der Waals surface area contributed by atoms with E-state index in [-0.39, 0.29) is 10.6 Å². The molecule has 3 aromatic rings. The molecule has 35 heavy (non-hydrogen) atoms. The minimum Gasteiger partial charge on any atom is -0.376 e. The van der Waals surface area contributed by atoms with Crippen molar-refractivity contribution in [2.45, 2.75) is 83.2 Å². The van der Waals surface area contributed by atoms with Gasteiger partial charge in [0.1, 0.15) is 13.7 Å². The van der Waals surface area contributed by atoms with Crippen molar-refractivity contribution in [2.24, 2.45) is 5.92 Å². The summed E-state index contributed by atoms with van der Waals surface area (Å²) in [5.41, 5.74) is 4.04. The largest absolute Gasteiger partial charge is 0.376 e. The van der Waals surface area contributed by atoms with Crippen LogP contribution in [0.5, 0.6) is 0 Å². The average Bonchev–Trinajstić information content (AvgIpc) is 3.19. The van der Waals surface area contributed by atoms with Crippen LogP contribution in [0.4, 0.5) is 0 Å². The zero-order valence-electron chi connectivity index (χ0n) is 22.9. The van der Waals surface area contributed by atoms with Gasteiger partial charge in [-0.15, -0.1) is 0 Å². The molecule has 0 unspecified atom stereocenters. The molecule has 190 valence electrons. The molecular weight excluding hydrogens is 446 g/mol. The fourth-order valence-electron chi connectivity index (χ4n) is 5.60. The van der Waals surface area contributed by atoms with Crippen molar-refractivity contribution >= 4 is 24.4 Å². The Hall–Kier alpha value is -1.95. The van der Waals surface area contributed by atoms with Crippen molar-refractivity contribution in [2.75, 3.05) is 20.7 Å². The summed E-state index contributed by atoms with van der Waals surface area (Å²) >= 11 is 0. The van der Waals surface area contributed by atoms with Crippen LogP contribution in [0.2, 0.25) is 18.1 Å². The Morgan fingerprint density at radius 2 is 1.74 bits per heavy atom.